The van der Waals surface area contributed by atoms with Crippen LogP contribution in [0.15, 0.2) is 0 Å². The van der Waals surface area contributed by atoms with Crippen LogP contribution in [0.2, 0.25) is 0 Å². The SMILES string of the molecule is CCOC(=O)c1nn(CC(=O)OC(C)(C)CCCOC(=O)c2nn(CC(=O)OC(C)(C)CCCOC(=O)c3nn(CC(=O)OC(C)(C)C)c4c3CC(F)CC4)c3c2CC(O)CC3)c2c1CC(=O)CC2. The first-order valence-corrected chi connectivity index (χ1v) is 23.7. The first kappa shape index (κ1) is 52.4. The molecule has 3 aromatic rings. The van der Waals surface area contributed by atoms with Gasteiger partial charge in [-0.1, -0.05) is 0 Å². The molecular weight excluding hydrogens is 904 g/mol. The highest BCUT2D eigenvalue weighted by atomic mass is 19.1. The van der Waals surface area contributed by atoms with E-state index in [9.17, 15) is 43.1 Å². The molecule has 69 heavy (non-hydrogen) atoms. The second-order valence-electron chi connectivity index (χ2n) is 20.0. The molecule has 1 N–H and O–H groups in total. The molecule has 0 saturated carbocycles. The van der Waals surface area contributed by atoms with Crippen LogP contribution >= 0.6 is 0 Å². The van der Waals surface area contributed by atoms with Crippen LogP contribution < -0.4 is 0 Å². The summed E-state index contributed by atoms with van der Waals surface area (Å²) in [7, 11) is 0. The summed E-state index contributed by atoms with van der Waals surface area (Å²) in [6.07, 6.45) is 1.41. The molecule has 21 heteroatoms. The Morgan fingerprint density at radius 3 is 1.54 bits per heavy atom. The van der Waals surface area contributed by atoms with Gasteiger partial charge < -0.3 is 33.5 Å². The van der Waals surface area contributed by atoms with Crippen LogP contribution in [-0.4, -0.2) is 125 Å². The minimum atomic E-state index is -1.16. The van der Waals surface area contributed by atoms with Gasteiger partial charge in [0.05, 0.1) is 25.9 Å². The Morgan fingerprint density at radius 2 is 1.04 bits per heavy atom. The third-order valence-corrected chi connectivity index (χ3v) is 12.0. The van der Waals surface area contributed by atoms with Crippen molar-refractivity contribution in [2.75, 3.05) is 19.8 Å². The Hall–Kier alpha value is -5.99. The van der Waals surface area contributed by atoms with E-state index in [1.165, 1.54) is 14.0 Å². The van der Waals surface area contributed by atoms with Gasteiger partial charge in [0.15, 0.2) is 17.1 Å². The van der Waals surface area contributed by atoms with E-state index >= 15 is 0 Å². The van der Waals surface area contributed by atoms with E-state index in [2.05, 4.69) is 15.3 Å². The lowest BCUT2D eigenvalue weighted by molar-refractivity contribution is -0.159. The van der Waals surface area contributed by atoms with E-state index in [-0.39, 0.29) is 94.4 Å². The van der Waals surface area contributed by atoms with Crippen LogP contribution in [0.5, 0.6) is 0 Å². The van der Waals surface area contributed by atoms with Gasteiger partial charge in [0.2, 0.25) is 0 Å². The number of Topliss-reactive ketones (excluding diaryl/α,β-unsaturated/α-hetero) is 1. The number of fused-ring (bicyclic) bond motifs is 3. The molecule has 378 valence electrons. The summed E-state index contributed by atoms with van der Waals surface area (Å²) in [5, 5.41) is 23.6. The molecule has 3 aliphatic rings. The van der Waals surface area contributed by atoms with Gasteiger partial charge in [-0.05, 0) is 113 Å². The summed E-state index contributed by atoms with van der Waals surface area (Å²) in [6.45, 7) is 12.9. The molecule has 3 aliphatic carbocycles. The van der Waals surface area contributed by atoms with E-state index in [0.717, 1.165) is 0 Å². The van der Waals surface area contributed by atoms with Crippen LogP contribution in [-0.2, 0) is 106 Å². The molecule has 0 aromatic carbocycles. The maximum atomic E-state index is 14.5. The molecule has 20 nitrogen and oxygen atoms in total. The molecule has 3 aromatic heterocycles. The average molecular weight is 969 g/mol. The number of nitrogens with zero attached hydrogens (tertiary/aromatic N) is 6. The molecule has 6 rings (SSSR count). The van der Waals surface area contributed by atoms with Crippen LogP contribution in [0.1, 0.15) is 166 Å². The number of ketones is 1. The summed E-state index contributed by atoms with van der Waals surface area (Å²) < 4.78 is 51.8. The number of carbonyl (C=O) groups is 7. The first-order valence-electron chi connectivity index (χ1n) is 23.7. The highest BCUT2D eigenvalue weighted by Gasteiger charge is 2.35. The molecule has 0 aliphatic heterocycles. The fraction of sp³-hybridized carbons (Fsp3) is 0.667. The highest BCUT2D eigenvalue weighted by Crippen LogP contribution is 2.30. The fourth-order valence-electron chi connectivity index (χ4n) is 8.93. The summed E-state index contributed by atoms with van der Waals surface area (Å²) in [4.78, 5) is 90.3. The summed E-state index contributed by atoms with van der Waals surface area (Å²) in [6, 6.07) is 0. The number of hydrogen-bond acceptors (Lipinski definition) is 17. The van der Waals surface area contributed by atoms with Gasteiger partial charge in [0.25, 0.3) is 0 Å². The average Bonchev–Trinajstić information content (AvgIpc) is 3.90. The third-order valence-electron chi connectivity index (χ3n) is 12.0. The summed E-state index contributed by atoms with van der Waals surface area (Å²) in [5.41, 5.74) is 0.455. The number of aromatic nitrogens is 6. The molecule has 0 spiro atoms. The second-order valence-corrected chi connectivity index (χ2v) is 20.0. The Labute approximate surface area is 399 Å². The van der Waals surface area contributed by atoms with Crippen molar-refractivity contribution in [2.24, 2.45) is 0 Å². The van der Waals surface area contributed by atoms with Gasteiger partial charge >= 0.3 is 35.8 Å². The van der Waals surface area contributed by atoms with Crippen molar-refractivity contribution in [1.29, 1.82) is 0 Å². The number of aliphatic hydroxyl groups excluding tert-OH is 1. The topological polar surface area (TPSA) is 249 Å². The zero-order chi connectivity index (χ0) is 50.4. The van der Waals surface area contributed by atoms with Gasteiger partial charge in [-0.15, -0.1) is 0 Å². The van der Waals surface area contributed by atoms with Gasteiger partial charge in [0.1, 0.15) is 48.4 Å². The maximum Gasteiger partial charge on any atom is 0.359 e. The second kappa shape index (κ2) is 21.8. The Morgan fingerprint density at radius 1 is 0.609 bits per heavy atom. The lowest BCUT2D eigenvalue weighted by Crippen LogP contribution is -2.31. The van der Waals surface area contributed by atoms with Crippen molar-refractivity contribution < 1.29 is 71.5 Å². The van der Waals surface area contributed by atoms with Crippen molar-refractivity contribution in [3.63, 3.8) is 0 Å². The minimum absolute atomic E-state index is 0.0184. The predicted octanol–water partition coefficient (Wildman–Crippen LogP) is 4.45. The van der Waals surface area contributed by atoms with Crippen LogP contribution in [0, 0.1) is 0 Å². The van der Waals surface area contributed by atoms with E-state index in [1.807, 2.05) is 0 Å². The molecule has 2 unspecified atom stereocenters. The minimum Gasteiger partial charge on any atom is -0.461 e. The standard InChI is InChI=1S/C48H65FN6O14/c1-9-64-43(61)41-32-23-29(56)13-16-35(32)54(51-41)26-38(59)68-48(7,8)19-11-21-66-45(63)42-33-24-30(57)14-17-36(33)55(52-42)27-39(60)69-47(5,6)18-10-20-65-44(62)40-31-22-28(49)12-15-34(31)53(50-40)25-37(58)67-46(2,3)4/h28,30,57H,9-27H2,1-8H3. The van der Waals surface area contributed by atoms with E-state index < -0.39 is 64.9 Å². The largest absolute Gasteiger partial charge is 0.461 e. The molecule has 0 amide bonds. The number of carbonyl (C=O) groups excluding carboxylic acids is 7. The normalized spacial score (nSPS) is 17.0. The maximum absolute atomic E-state index is 14.5. The molecular formula is C48H65FN6O14. The highest BCUT2D eigenvalue weighted by molar-refractivity contribution is 5.93. The summed E-state index contributed by atoms with van der Waals surface area (Å²) in [5.74, 6) is -3.95. The van der Waals surface area contributed by atoms with Crippen LogP contribution in [0.4, 0.5) is 4.39 Å². The monoisotopic (exact) mass is 968 g/mol. The number of ether oxygens (including phenoxy) is 6. The Kier molecular flexibility index (Phi) is 16.5. The molecule has 0 fully saturated rings. The number of alkyl halides is 1. The van der Waals surface area contributed by atoms with E-state index in [0.29, 0.717) is 85.1 Å². The third kappa shape index (κ3) is 13.8. The zero-order valence-corrected chi connectivity index (χ0v) is 40.9. The number of hydrogen-bond donors (Lipinski definition) is 1. The first-order chi connectivity index (χ1) is 32.4. The Balaban J connectivity index is 0.975. The van der Waals surface area contributed by atoms with Gasteiger partial charge in [0, 0.05) is 59.5 Å². The smallest absolute Gasteiger partial charge is 0.359 e. The van der Waals surface area contributed by atoms with Crippen molar-refractivity contribution >= 4 is 41.6 Å². The van der Waals surface area contributed by atoms with Crippen LogP contribution in [0.3, 0.4) is 0 Å². The van der Waals surface area contributed by atoms with Crippen molar-refractivity contribution in [1.82, 2.24) is 29.3 Å². The predicted molar refractivity (Wildman–Crippen MR) is 240 cm³/mol. The van der Waals surface area contributed by atoms with Crippen molar-refractivity contribution in [3.05, 3.63) is 50.9 Å². The van der Waals surface area contributed by atoms with Gasteiger partial charge in [-0.25, -0.2) is 18.8 Å². The van der Waals surface area contributed by atoms with E-state index in [4.69, 9.17) is 28.4 Å². The Bertz CT molecular complexity index is 2440. The quantitative estimate of drug-likeness (QED) is 0.0933. The molecule has 2 atom stereocenters. The van der Waals surface area contributed by atoms with E-state index in [1.54, 1.807) is 55.4 Å². The zero-order valence-electron chi connectivity index (χ0n) is 40.9. The lowest BCUT2D eigenvalue weighted by atomic mass is 9.93. The van der Waals surface area contributed by atoms with Gasteiger partial charge in [-0.2, -0.15) is 15.3 Å². The number of esters is 6. The lowest BCUT2D eigenvalue weighted by Gasteiger charge is -2.25. The van der Waals surface area contributed by atoms with Crippen molar-refractivity contribution in [3.8, 4) is 0 Å². The molecule has 0 bridgehead atoms. The molecule has 3 heterocycles. The van der Waals surface area contributed by atoms with Gasteiger partial charge in [-0.3, -0.25) is 33.2 Å². The molecule has 0 saturated heterocycles. The van der Waals surface area contributed by atoms with Crippen LogP contribution in [0.25, 0.3) is 0 Å². The fourth-order valence-corrected chi connectivity index (χ4v) is 8.93. The number of halogens is 1. The summed E-state index contributed by atoms with van der Waals surface area (Å²) >= 11 is 0. The number of aliphatic hydroxyl groups is 1. The van der Waals surface area contributed by atoms with Crippen molar-refractivity contribution in [2.45, 2.75) is 188 Å². The molecule has 0 radical (unpaired) electrons. The number of rotatable bonds is 20.